The summed E-state index contributed by atoms with van der Waals surface area (Å²) < 4.78 is 0. The van der Waals surface area contributed by atoms with Gasteiger partial charge in [-0.15, -0.1) is 10.2 Å². The summed E-state index contributed by atoms with van der Waals surface area (Å²) in [5, 5.41) is 15.0. The van der Waals surface area contributed by atoms with Gasteiger partial charge in [0.2, 0.25) is 0 Å². The molecule has 1 aromatic heterocycles. The predicted molar refractivity (Wildman–Crippen MR) is 104 cm³/mol. The molecule has 0 amide bonds. The quantitative estimate of drug-likeness (QED) is 0.783. The van der Waals surface area contributed by atoms with Crippen molar-refractivity contribution in [3.8, 4) is 11.3 Å². The van der Waals surface area contributed by atoms with E-state index in [0.29, 0.717) is 6.04 Å². The van der Waals surface area contributed by atoms with E-state index in [0.717, 1.165) is 34.4 Å². The molecule has 0 spiro atoms. The summed E-state index contributed by atoms with van der Waals surface area (Å²) in [6.45, 7) is 4.33. The Hall–Kier alpha value is -2.46. The third-order valence-electron chi connectivity index (χ3n) is 4.94. The molecule has 1 aliphatic heterocycles. The van der Waals surface area contributed by atoms with Crippen LogP contribution in [-0.4, -0.2) is 41.3 Å². The molecule has 2 heterocycles. The minimum absolute atomic E-state index is 0.432. The van der Waals surface area contributed by atoms with E-state index >= 15 is 0 Å². The zero-order chi connectivity index (χ0) is 17.2. The monoisotopic (exact) mass is 332 g/mol. The number of aryl methyl sites for hydroxylation is 1. The lowest BCUT2D eigenvalue weighted by Gasteiger charge is -2.30. The molecule has 1 atom stereocenters. The van der Waals surface area contributed by atoms with Crippen LogP contribution >= 0.6 is 0 Å². The Kier molecular flexibility index (Phi) is 4.36. The fraction of sp³-hybridized carbons (Fsp3) is 0.333. The number of piperidine rings is 1. The van der Waals surface area contributed by atoms with Crippen molar-refractivity contribution in [3.63, 3.8) is 0 Å². The van der Waals surface area contributed by atoms with Gasteiger partial charge < -0.3 is 10.2 Å². The van der Waals surface area contributed by atoms with E-state index in [9.17, 15) is 0 Å². The van der Waals surface area contributed by atoms with Gasteiger partial charge in [0.25, 0.3) is 0 Å². The minimum Gasteiger partial charge on any atom is -0.364 e. The van der Waals surface area contributed by atoms with Crippen LogP contribution in [0.25, 0.3) is 22.0 Å². The molecule has 2 aromatic carbocycles. The van der Waals surface area contributed by atoms with Crippen LogP contribution in [0.4, 0.5) is 5.82 Å². The first-order chi connectivity index (χ1) is 12.2. The second-order valence-electron chi connectivity index (χ2n) is 7.06. The molecule has 25 heavy (non-hydrogen) atoms. The van der Waals surface area contributed by atoms with Crippen molar-refractivity contribution in [2.75, 3.05) is 25.5 Å². The summed E-state index contributed by atoms with van der Waals surface area (Å²) in [4.78, 5) is 2.37. The molecule has 3 aromatic rings. The number of benzene rings is 2. The van der Waals surface area contributed by atoms with Crippen molar-refractivity contribution in [3.05, 3.63) is 54.1 Å². The predicted octanol–water partition coefficient (Wildman–Crippen LogP) is 4.11. The lowest BCUT2D eigenvalue weighted by Crippen LogP contribution is -2.40. The molecular weight excluding hydrogens is 308 g/mol. The lowest BCUT2D eigenvalue weighted by atomic mass is 10.0. The van der Waals surface area contributed by atoms with Crippen molar-refractivity contribution in [1.82, 2.24) is 15.1 Å². The van der Waals surface area contributed by atoms with Crippen LogP contribution in [0.15, 0.2) is 48.5 Å². The highest BCUT2D eigenvalue weighted by molar-refractivity contribution is 6.00. The van der Waals surface area contributed by atoms with Crippen molar-refractivity contribution in [1.29, 1.82) is 0 Å². The topological polar surface area (TPSA) is 41.1 Å². The van der Waals surface area contributed by atoms with E-state index in [1.807, 2.05) is 0 Å². The Bertz CT molecular complexity index is 890. The van der Waals surface area contributed by atoms with E-state index in [1.54, 1.807) is 0 Å². The number of nitrogens with zero attached hydrogens (tertiary/aromatic N) is 3. The Morgan fingerprint density at radius 1 is 1.04 bits per heavy atom. The molecule has 0 radical (unpaired) electrons. The molecule has 1 N–H and O–H groups in total. The number of hydrogen-bond acceptors (Lipinski definition) is 4. The summed E-state index contributed by atoms with van der Waals surface area (Å²) in [6.07, 6.45) is 2.40. The van der Waals surface area contributed by atoms with Crippen LogP contribution in [0.1, 0.15) is 18.4 Å². The van der Waals surface area contributed by atoms with Crippen LogP contribution in [0, 0.1) is 6.92 Å². The number of likely N-dealkylation sites (tertiary alicyclic amines) is 1. The Labute approximate surface area is 148 Å². The van der Waals surface area contributed by atoms with Crippen molar-refractivity contribution < 1.29 is 0 Å². The number of nitrogens with one attached hydrogen (secondary N) is 1. The van der Waals surface area contributed by atoms with Crippen LogP contribution in [0.2, 0.25) is 0 Å². The van der Waals surface area contributed by atoms with Gasteiger partial charge in [-0.25, -0.2) is 0 Å². The van der Waals surface area contributed by atoms with Gasteiger partial charge in [0, 0.05) is 28.9 Å². The standard InChI is InChI=1S/C21H24N4/c1-15-7-5-8-16(13-15)20-18-10-3-4-11-19(18)21(24-23-20)22-17-9-6-12-25(2)14-17/h3-5,7-8,10-11,13,17H,6,9,12,14H2,1-2H3,(H,22,24). The number of likely N-dealkylation sites (N-methyl/N-ethyl adjacent to an activating group) is 1. The molecule has 1 fully saturated rings. The fourth-order valence-corrected chi connectivity index (χ4v) is 3.69. The number of fused-ring (bicyclic) bond motifs is 1. The fourth-order valence-electron chi connectivity index (χ4n) is 3.69. The van der Waals surface area contributed by atoms with Gasteiger partial charge in [-0.3, -0.25) is 0 Å². The zero-order valence-corrected chi connectivity index (χ0v) is 14.9. The third-order valence-corrected chi connectivity index (χ3v) is 4.94. The van der Waals surface area contributed by atoms with Gasteiger partial charge in [-0.2, -0.15) is 0 Å². The van der Waals surface area contributed by atoms with Gasteiger partial charge >= 0.3 is 0 Å². The summed E-state index contributed by atoms with van der Waals surface area (Å²) in [5.41, 5.74) is 3.30. The maximum atomic E-state index is 4.58. The van der Waals surface area contributed by atoms with E-state index in [2.05, 4.69) is 82.9 Å². The Balaban J connectivity index is 1.74. The Morgan fingerprint density at radius 3 is 2.68 bits per heavy atom. The second-order valence-corrected chi connectivity index (χ2v) is 7.06. The van der Waals surface area contributed by atoms with Gasteiger partial charge in [-0.05, 0) is 39.4 Å². The first-order valence-corrected chi connectivity index (χ1v) is 8.98. The molecule has 4 heteroatoms. The molecular formula is C21H24N4. The minimum atomic E-state index is 0.432. The van der Waals surface area contributed by atoms with Gasteiger partial charge in [-0.1, -0.05) is 48.0 Å². The molecule has 128 valence electrons. The number of hydrogen-bond donors (Lipinski definition) is 1. The Morgan fingerprint density at radius 2 is 1.88 bits per heavy atom. The molecule has 0 bridgehead atoms. The van der Waals surface area contributed by atoms with Gasteiger partial charge in [0.1, 0.15) is 5.69 Å². The highest BCUT2D eigenvalue weighted by Crippen LogP contribution is 2.30. The van der Waals surface area contributed by atoms with Crippen LogP contribution < -0.4 is 5.32 Å². The molecule has 4 rings (SSSR count). The first-order valence-electron chi connectivity index (χ1n) is 8.98. The largest absolute Gasteiger partial charge is 0.364 e. The van der Waals surface area contributed by atoms with Crippen molar-refractivity contribution in [2.45, 2.75) is 25.8 Å². The van der Waals surface area contributed by atoms with Crippen molar-refractivity contribution in [2.24, 2.45) is 0 Å². The van der Waals surface area contributed by atoms with Crippen LogP contribution in [0.5, 0.6) is 0 Å². The van der Waals surface area contributed by atoms with E-state index in [-0.39, 0.29) is 0 Å². The SMILES string of the molecule is Cc1cccc(-c2nnc(NC3CCCN(C)C3)c3ccccc23)c1. The van der Waals surface area contributed by atoms with Crippen molar-refractivity contribution >= 4 is 16.6 Å². The normalized spacial score (nSPS) is 18.4. The zero-order valence-electron chi connectivity index (χ0n) is 14.9. The van der Waals surface area contributed by atoms with Crippen LogP contribution in [0.3, 0.4) is 0 Å². The molecule has 1 saturated heterocycles. The molecule has 0 aliphatic carbocycles. The molecule has 1 unspecified atom stereocenters. The lowest BCUT2D eigenvalue weighted by molar-refractivity contribution is 0.261. The summed E-state index contributed by atoms with van der Waals surface area (Å²) in [7, 11) is 2.18. The summed E-state index contributed by atoms with van der Waals surface area (Å²) >= 11 is 0. The number of aromatic nitrogens is 2. The maximum absolute atomic E-state index is 4.58. The summed E-state index contributed by atoms with van der Waals surface area (Å²) in [5.74, 6) is 0.896. The van der Waals surface area contributed by atoms with Gasteiger partial charge in [0.05, 0.1) is 0 Å². The van der Waals surface area contributed by atoms with E-state index in [1.165, 1.54) is 24.9 Å². The number of anilines is 1. The number of rotatable bonds is 3. The maximum Gasteiger partial charge on any atom is 0.156 e. The second kappa shape index (κ2) is 6.81. The summed E-state index contributed by atoms with van der Waals surface area (Å²) in [6, 6.07) is 17.3. The molecule has 0 saturated carbocycles. The highest BCUT2D eigenvalue weighted by Gasteiger charge is 2.19. The first kappa shape index (κ1) is 16.0. The average Bonchev–Trinajstić information content (AvgIpc) is 2.62. The van der Waals surface area contributed by atoms with E-state index in [4.69, 9.17) is 0 Å². The van der Waals surface area contributed by atoms with E-state index < -0.39 is 0 Å². The van der Waals surface area contributed by atoms with Gasteiger partial charge in [0.15, 0.2) is 5.82 Å². The average molecular weight is 332 g/mol. The molecule has 4 nitrogen and oxygen atoms in total. The smallest absolute Gasteiger partial charge is 0.156 e. The molecule has 1 aliphatic rings. The highest BCUT2D eigenvalue weighted by atomic mass is 15.2. The van der Waals surface area contributed by atoms with Crippen LogP contribution in [-0.2, 0) is 0 Å². The third kappa shape index (κ3) is 3.35.